The number of ether oxygens (including phenoxy) is 1. The molecular weight excluding hydrogens is 335 g/mol. The molecule has 0 aromatic heterocycles. The van der Waals surface area contributed by atoms with Crippen molar-refractivity contribution in [2.24, 2.45) is 5.92 Å². The van der Waals surface area contributed by atoms with E-state index in [9.17, 15) is 14.0 Å². The summed E-state index contributed by atoms with van der Waals surface area (Å²) in [6.07, 6.45) is 3.17. The van der Waals surface area contributed by atoms with Crippen LogP contribution in [0.5, 0.6) is 0 Å². The Hall–Kier alpha value is -1.95. The summed E-state index contributed by atoms with van der Waals surface area (Å²) in [7, 11) is 0. The summed E-state index contributed by atoms with van der Waals surface area (Å²) in [4.78, 5) is 27.5. The van der Waals surface area contributed by atoms with E-state index in [1.54, 1.807) is 12.1 Å². The van der Waals surface area contributed by atoms with E-state index in [0.29, 0.717) is 18.8 Å². The average molecular weight is 362 g/mol. The second-order valence-corrected chi connectivity index (χ2v) is 7.77. The summed E-state index contributed by atoms with van der Waals surface area (Å²) in [5.41, 5.74) is -0.830. The number of halogens is 1. The molecule has 3 rings (SSSR count). The van der Waals surface area contributed by atoms with Gasteiger partial charge in [0.25, 0.3) is 5.91 Å². The van der Waals surface area contributed by atoms with E-state index in [-0.39, 0.29) is 24.1 Å². The molecule has 1 aromatic rings. The van der Waals surface area contributed by atoms with Crippen LogP contribution in [0.2, 0.25) is 0 Å². The first-order valence-corrected chi connectivity index (χ1v) is 9.36. The van der Waals surface area contributed by atoms with Crippen molar-refractivity contribution in [1.29, 1.82) is 0 Å². The molecule has 5 nitrogen and oxygen atoms in total. The van der Waals surface area contributed by atoms with E-state index >= 15 is 0 Å². The van der Waals surface area contributed by atoms with E-state index < -0.39 is 23.5 Å². The van der Waals surface area contributed by atoms with Crippen molar-refractivity contribution in [3.63, 3.8) is 0 Å². The fourth-order valence-corrected chi connectivity index (χ4v) is 3.93. The van der Waals surface area contributed by atoms with Crippen LogP contribution in [0.25, 0.3) is 0 Å². The van der Waals surface area contributed by atoms with Gasteiger partial charge in [0.15, 0.2) is 0 Å². The quantitative estimate of drug-likeness (QED) is 0.899. The SMILES string of the molecule is CC1CCC2(CC1)OC[C@@H](C(=O)NC(C)C)N2C(=O)c1ccccc1F. The van der Waals surface area contributed by atoms with Gasteiger partial charge in [-0.3, -0.25) is 14.5 Å². The van der Waals surface area contributed by atoms with Crippen molar-refractivity contribution >= 4 is 11.8 Å². The van der Waals surface area contributed by atoms with Gasteiger partial charge in [-0.15, -0.1) is 0 Å². The van der Waals surface area contributed by atoms with Crippen molar-refractivity contribution < 1.29 is 18.7 Å². The minimum absolute atomic E-state index is 0.0154. The number of hydrogen-bond acceptors (Lipinski definition) is 3. The molecule has 1 saturated heterocycles. The minimum Gasteiger partial charge on any atom is -0.353 e. The zero-order valence-corrected chi connectivity index (χ0v) is 15.6. The van der Waals surface area contributed by atoms with Gasteiger partial charge in [-0.05, 0) is 57.6 Å². The largest absolute Gasteiger partial charge is 0.353 e. The van der Waals surface area contributed by atoms with E-state index in [1.165, 1.54) is 17.0 Å². The van der Waals surface area contributed by atoms with Crippen LogP contribution in [0.1, 0.15) is 56.8 Å². The van der Waals surface area contributed by atoms with Crippen LogP contribution in [-0.4, -0.2) is 41.1 Å². The zero-order valence-electron chi connectivity index (χ0n) is 15.6. The lowest BCUT2D eigenvalue weighted by Crippen LogP contribution is -2.57. The number of amides is 2. The Kier molecular flexibility index (Phi) is 5.32. The number of rotatable bonds is 3. The van der Waals surface area contributed by atoms with E-state index in [0.717, 1.165) is 12.8 Å². The number of hydrogen-bond donors (Lipinski definition) is 1. The number of carbonyl (C=O) groups excluding carboxylic acids is 2. The first-order valence-electron chi connectivity index (χ1n) is 9.36. The van der Waals surface area contributed by atoms with Crippen molar-refractivity contribution in [3.05, 3.63) is 35.6 Å². The van der Waals surface area contributed by atoms with E-state index in [1.807, 2.05) is 13.8 Å². The fourth-order valence-electron chi connectivity index (χ4n) is 3.93. The molecule has 1 aromatic carbocycles. The van der Waals surface area contributed by atoms with Gasteiger partial charge in [-0.2, -0.15) is 0 Å². The van der Waals surface area contributed by atoms with E-state index in [4.69, 9.17) is 4.74 Å². The molecule has 2 amide bonds. The first-order chi connectivity index (χ1) is 12.3. The molecule has 0 radical (unpaired) electrons. The summed E-state index contributed by atoms with van der Waals surface area (Å²) in [5, 5.41) is 2.86. The first kappa shape index (κ1) is 18.8. The normalized spacial score (nSPS) is 28.6. The van der Waals surface area contributed by atoms with Gasteiger partial charge < -0.3 is 10.1 Å². The van der Waals surface area contributed by atoms with E-state index in [2.05, 4.69) is 12.2 Å². The molecule has 1 N–H and O–H groups in total. The molecule has 0 unspecified atom stereocenters. The summed E-state index contributed by atoms with van der Waals surface area (Å²) < 4.78 is 20.3. The molecule has 1 heterocycles. The van der Waals surface area contributed by atoms with Crippen molar-refractivity contribution in [2.45, 2.75) is 64.3 Å². The van der Waals surface area contributed by atoms with Gasteiger partial charge in [-0.25, -0.2) is 4.39 Å². The molecule has 6 heteroatoms. The van der Waals surface area contributed by atoms with Crippen molar-refractivity contribution in [3.8, 4) is 0 Å². The Morgan fingerprint density at radius 1 is 1.27 bits per heavy atom. The van der Waals surface area contributed by atoms with Crippen molar-refractivity contribution in [2.75, 3.05) is 6.61 Å². The molecule has 1 aliphatic carbocycles. The Morgan fingerprint density at radius 3 is 2.54 bits per heavy atom. The lowest BCUT2D eigenvalue weighted by molar-refractivity contribution is -0.128. The van der Waals surface area contributed by atoms with Gasteiger partial charge in [0, 0.05) is 6.04 Å². The highest BCUT2D eigenvalue weighted by Crippen LogP contribution is 2.43. The molecule has 0 bridgehead atoms. The highest BCUT2D eigenvalue weighted by molar-refractivity contribution is 5.98. The third kappa shape index (κ3) is 3.47. The average Bonchev–Trinajstić information content (AvgIpc) is 2.96. The molecule has 1 spiro atoms. The van der Waals surface area contributed by atoms with Crippen LogP contribution in [-0.2, 0) is 9.53 Å². The smallest absolute Gasteiger partial charge is 0.259 e. The van der Waals surface area contributed by atoms with Crippen LogP contribution < -0.4 is 5.32 Å². The summed E-state index contributed by atoms with van der Waals surface area (Å²) in [6.45, 7) is 6.06. The lowest BCUT2D eigenvalue weighted by Gasteiger charge is -2.43. The van der Waals surface area contributed by atoms with Gasteiger partial charge in [0.1, 0.15) is 17.6 Å². The summed E-state index contributed by atoms with van der Waals surface area (Å²) >= 11 is 0. The Labute approximate surface area is 153 Å². The molecule has 2 fully saturated rings. The summed E-state index contributed by atoms with van der Waals surface area (Å²) in [5.74, 6) is -0.746. The molecule has 1 atom stereocenters. The Balaban J connectivity index is 1.96. The minimum atomic E-state index is -0.815. The van der Waals surface area contributed by atoms with Gasteiger partial charge in [-0.1, -0.05) is 19.1 Å². The zero-order chi connectivity index (χ0) is 18.9. The van der Waals surface area contributed by atoms with Crippen LogP contribution >= 0.6 is 0 Å². The van der Waals surface area contributed by atoms with Crippen LogP contribution in [0, 0.1) is 11.7 Å². The third-order valence-corrected chi connectivity index (χ3v) is 5.37. The number of carbonyl (C=O) groups is 2. The highest BCUT2D eigenvalue weighted by atomic mass is 19.1. The fraction of sp³-hybridized carbons (Fsp3) is 0.600. The predicted molar refractivity (Wildman–Crippen MR) is 96.0 cm³/mol. The molecular formula is C20H27FN2O3. The predicted octanol–water partition coefficient (Wildman–Crippen LogP) is 3.10. The van der Waals surface area contributed by atoms with Gasteiger partial charge in [0.05, 0.1) is 12.2 Å². The topological polar surface area (TPSA) is 58.6 Å². The number of benzene rings is 1. The Bertz CT molecular complexity index is 683. The van der Waals surface area contributed by atoms with Crippen LogP contribution in [0.15, 0.2) is 24.3 Å². The maximum absolute atomic E-state index is 14.3. The summed E-state index contributed by atoms with van der Waals surface area (Å²) in [6, 6.07) is 5.13. The van der Waals surface area contributed by atoms with Gasteiger partial charge in [0.2, 0.25) is 5.91 Å². The molecule has 26 heavy (non-hydrogen) atoms. The number of nitrogens with one attached hydrogen (secondary N) is 1. The maximum Gasteiger partial charge on any atom is 0.259 e. The molecule has 1 aliphatic heterocycles. The molecule has 142 valence electrons. The Morgan fingerprint density at radius 2 is 1.92 bits per heavy atom. The maximum atomic E-state index is 14.3. The second-order valence-electron chi connectivity index (χ2n) is 7.77. The molecule has 1 saturated carbocycles. The third-order valence-electron chi connectivity index (χ3n) is 5.37. The van der Waals surface area contributed by atoms with Gasteiger partial charge >= 0.3 is 0 Å². The second kappa shape index (κ2) is 7.35. The monoisotopic (exact) mass is 362 g/mol. The highest BCUT2D eigenvalue weighted by Gasteiger charge is 2.53. The number of nitrogens with zero attached hydrogens (tertiary/aromatic N) is 1. The molecule has 2 aliphatic rings. The van der Waals surface area contributed by atoms with Crippen molar-refractivity contribution in [1.82, 2.24) is 10.2 Å². The van der Waals surface area contributed by atoms with Crippen LogP contribution in [0.4, 0.5) is 4.39 Å². The van der Waals surface area contributed by atoms with Crippen LogP contribution in [0.3, 0.4) is 0 Å². The lowest BCUT2D eigenvalue weighted by atomic mass is 9.83. The standard InChI is InChI=1S/C20H27FN2O3/c1-13(2)22-18(24)17-12-26-20(10-8-14(3)9-11-20)23(17)19(25)15-6-4-5-7-16(15)21/h4-7,13-14,17H,8-12H2,1-3H3,(H,22,24)/t14?,17-,20?/m0/s1.